The summed E-state index contributed by atoms with van der Waals surface area (Å²) < 4.78 is 45.6. The highest BCUT2D eigenvalue weighted by atomic mass is 19.4. The number of carbonyl (C=O) groups excluding carboxylic acids is 1. The molecule has 1 fully saturated rings. The third-order valence-electron chi connectivity index (χ3n) is 3.99. The number of alkyl carbamates (subject to hydrolysis) is 1. The number of ether oxygens (including phenoxy) is 2. The predicted molar refractivity (Wildman–Crippen MR) is 102 cm³/mol. The van der Waals surface area contributed by atoms with Gasteiger partial charge in [0.25, 0.3) is 0 Å². The molecule has 0 spiro atoms. The molecule has 4 N–H and O–H groups in total. The van der Waals surface area contributed by atoms with Crippen LogP contribution in [0.15, 0.2) is 29.3 Å². The average Bonchev–Trinajstić information content (AvgIpc) is 3.40. The first kappa shape index (κ1) is 22.6. The highest BCUT2D eigenvalue weighted by Crippen LogP contribution is 2.32. The maximum Gasteiger partial charge on any atom is 0.573 e. The molecule has 0 bridgehead atoms. The summed E-state index contributed by atoms with van der Waals surface area (Å²) in [6.45, 7) is 5.98. The molecule has 29 heavy (non-hydrogen) atoms. The van der Waals surface area contributed by atoms with E-state index in [0.29, 0.717) is 18.0 Å². The van der Waals surface area contributed by atoms with Gasteiger partial charge >= 0.3 is 12.5 Å². The summed E-state index contributed by atoms with van der Waals surface area (Å²) in [6, 6.07) is 5.27. The second kappa shape index (κ2) is 9.23. The molecule has 0 saturated heterocycles. The number of benzene rings is 1. The molecule has 0 heterocycles. The van der Waals surface area contributed by atoms with E-state index >= 15 is 0 Å². The standard InChI is InChI=1S/C19H27F3N4O3/c1-18(2,3)29-17(27)26-15(13-6-7-13)11-25-16(23)24-10-12-4-8-14(9-5-12)28-19(20,21)22/h4-5,8-9,13,15H,6-7,10-11H2,1-3H3,(H,26,27)(H3,23,24,25). The zero-order valence-electron chi connectivity index (χ0n) is 16.7. The Morgan fingerprint density at radius 1 is 1.24 bits per heavy atom. The van der Waals surface area contributed by atoms with Gasteiger partial charge in [-0.15, -0.1) is 13.2 Å². The number of halogens is 3. The van der Waals surface area contributed by atoms with Crippen molar-refractivity contribution in [3.63, 3.8) is 0 Å². The second-order valence-corrected chi connectivity index (χ2v) is 7.86. The van der Waals surface area contributed by atoms with Gasteiger partial charge in [-0.05, 0) is 57.2 Å². The van der Waals surface area contributed by atoms with Crippen LogP contribution >= 0.6 is 0 Å². The number of amides is 1. The highest BCUT2D eigenvalue weighted by Gasteiger charge is 2.33. The van der Waals surface area contributed by atoms with Crippen LogP contribution in [0.5, 0.6) is 5.75 Å². The van der Waals surface area contributed by atoms with E-state index in [1.165, 1.54) is 24.3 Å². The normalized spacial score (nSPS) is 16.1. The second-order valence-electron chi connectivity index (χ2n) is 7.86. The number of hydrogen-bond donors (Lipinski definition) is 3. The largest absolute Gasteiger partial charge is 0.573 e. The Balaban J connectivity index is 1.81. The van der Waals surface area contributed by atoms with Gasteiger partial charge in [-0.1, -0.05) is 12.1 Å². The Kier molecular flexibility index (Phi) is 7.21. The number of alkyl halides is 3. The van der Waals surface area contributed by atoms with Crippen LogP contribution in [-0.4, -0.2) is 36.6 Å². The molecule has 0 radical (unpaired) electrons. The minimum absolute atomic E-state index is 0.127. The summed E-state index contributed by atoms with van der Waals surface area (Å²) in [5, 5.41) is 5.82. The third kappa shape index (κ3) is 9.40. The van der Waals surface area contributed by atoms with Gasteiger partial charge in [0.2, 0.25) is 0 Å². The van der Waals surface area contributed by atoms with Gasteiger partial charge < -0.3 is 25.8 Å². The zero-order valence-corrected chi connectivity index (χ0v) is 16.7. The van der Waals surface area contributed by atoms with Crippen LogP contribution in [0.3, 0.4) is 0 Å². The number of rotatable bonds is 7. The van der Waals surface area contributed by atoms with Crippen LogP contribution in [-0.2, 0) is 11.3 Å². The van der Waals surface area contributed by atoms with Crippen molar-refractivity contribution in [2.24, 2.45) is 16.6 Å². The molecule has 0 aromatic heterocycles. The molecule has 7 nitrogen and oxygen atoms in total. The van der Waals surface area contributed by atoms with Crippen molar-refractivity contribution in [3.05, 3.63) is 29.8 Å². The lowest BCUT2D eigenvalue weighted by Crippen LogP contribution is -2.48. The van der Waals surface area contributed by atoms with Crippen molar-refractivity contribution in [2.45, 2.75) is 58.2 Å². The molecule has 1 aliphatic carbocycles. The van der Waals surface area contributed by atoms with Crippen molar-refractivity contribution in [1.82, 2.24) is 10.6 Å². The summed E-state index contributed by atoms with van der Waals surface area (Å²) in [6.07, 6.45) is -3.16. The first-order chi connectivity index (χ1) is 13.4. The molecular weight excluding hydrogens is 389 g/mol. The van der Waals surface area contributed by atoms with E-state index in [2.05, 4.69) is 20.4 Å². The van der Waals surface area contributed by atoms with Crippen LogP contribution in [0.25, 0.3) is 0 Å². The smallest absolute Gasteiger partial charge is 0.444 e. The maximum absolute atomic E-state index is 12.2. The molecule has 1 amide bonds. The van der Waals surface area contributed by atoms with Gasteiger partial charge in [0.05, 0.1) is 12.6 Å². The Morgan fingerprint density at radius 3 is 2.38 bits per heavy atom. The third-order valence-corrected chi connectivity index (χ3v) is 3.99. The van der Waals surface area contributed by atoms with Crippen LogP contribution < -0.4 is 21.1 Å². The van der Waals surface area contributed by atoms with Crippen molar-refractivity contribution < 1.29 is 27.4 Å². The number of aliphatic imine (C=N–C) groups is 1. The Morgan fingerprint density at radius 2 is 1.86 bits per heavy atom. The quantitative estimate of drug-likeness (QED) is 0.468. The topological polar surface area (TPSA) is 98.0 Å². The first-order valence-corrected chi connectivity index (χ1v) is 9.29. The lowest BCUT2D eigenvalue weighted by molar-refractivity contribution is -0.274. The lowest BCUT2D eigenvalue weighted by Gasteiger charge is -2.24. The zero-order chi connectivity index (χ0) is 21.7. The number of nitrogens with zero attached hydrogens (tertiary/aromatic N) is 1. The summed E-state index contributed by atoms with van der Waals surface area (Å²) >= 11 is 0. The summed E-state index contributed by atoms with van der Waals surface area (Å²) in [5.74, 6) is 0.248. The van der Waals surface area contributed by atoms with E-state index in [0.717, 1.165) is 12.8 Å². The number of guanidine groups is 1. The molecule has 2 rings (SSSR count). The van der Waals surface area contributed by atoms with Gasteiger partial charge in [-0.25, -0.2) is 9.79 Å². The maximum atomic E-state index is 12.2. The van der Waals surface area contributed by atoms with Crippen LogP contribution in [0.1, 0.15) is 39.2 Å². The summed E-state index contributed by atoms with van der Waals surface area (Å²) in [7, 11) is 0. The van der Waals surface area contributed by atoms with Crippen molar-refractivity contribution >= 4 is 12.1 Å². The molecule has 1 unspecified atom stereocenters. The fourth-order valence-corrected chi connectivity index (χ4v) is 2.54. The Labute approximate surface area is 167 Å². The number of hydrogen-bond acceptors (Lipinski definition) is 4. The fourth-order valence-electron chi connectivity index (χ4n) is 2.54. The van der Waals surface area contributed by atoms with E-state index in [-0.39, 0.29) is 24.3 Å². The minimum atomic E-state index is -4.72. The average molecular weight is 416 g/mol. The molecule has 10 heteroatoms. The minimum Gasteiger partial charge on any atom is -0.444 e. The molecule has 1 saturated carbocycles. The summed E-state index contributed by atoms with van der Waals surface area (Å²) in [4.78, 5) is 16.1. The molecule has 0 aliphatic heterocycles. The molecule has 1 atom stereocenters. The lowest BCUT2D eigenvalue weighted by atomic mass is 10.2. The van der Waals surface area contributed by atoms with Crippen LogP contribution in [0, 0.1) is 5.92 Å². The Bertz CT molecular complexity index is 711. The first-order valence-electron chi connectivity index (χ1n) is 9.29. The van der Waals surface area contributed by atoms with Crippen LogP contribution in [0.2, 0.25) is 0 Å². The monoisotopic (exact) mass is 416 g/mol. The van der Waals surface area contributed by atoms with Gasteiger partial charge in [-0.2, -0.15) is 0 Å². The number of carbonyl (C=O) groups is 1. The Hall–Kier alpha value is -2.65. The highest BCUT2D eigenvalue weighted by molar-refractivity contribution is 5.78. The van der Waals surface area contributed by atoms with Gasteiger partial charge in [0.15, 0.2) is 5.96 Å². The molecule has 1 aromatic carbocycles. The van der Waals surface area contributed by atoms with E-state index in [1.807, 2.05) is 0 Å². The number of nitrogens with one attached hydrogen (secondary N) is 2. The van der Waals surface area contributed by atoms with E-state index in [1.54, 1.807) is 20.8 Å². The van der Waals surface area contributed by atoms with Crippen molar-refractivity contribution in [1.29, 1.82) is 0 Å². The van der Waals surface area contributed by atoms with Crippen LogP contribution in [0.4, 0.5) is 18.0 Å². The molecule has 162 valence electrons. The predicted octanol–water partition coefficient (Wildman–Crippen LogP) is 3.29. The molecule has 1 aliphatic rings. The van der Waals surface area contributed by atoms with E-state index in [9.17, 15) is 18.0 Å². The van der Waals surface area contributed by atoms with Crippen molar-refractivity contribution in [3.8, 4) is 5.75 Å². The summed E-state index contributed by atoms with van der Waals surface area (Å²) in [5.41, 5.74) is 5.96. The molecule has 1 aromatic rings. The van der Waals surface area contributed by atoms with E-state index < -0.39 is 18.1 Å². The number of nitrogens with two attached hydrogens (primary N) is 1. The van der Waals surface area contributed by atoms with Gasteiger partial charge in [-0.3, -0.25) is 0 Å². The fraction of sp³-hybridized carbons (Fsp3) is 0.579. The molecular formula is C19H27F3N4O3. The van der Waals surface area contributed by atoms with Gasteiger partial charge in [0.1, 0.15) is 11.4 Å². The van der Waals surface area contributed by atoms with Gasteiger partial charge in [0, 0.05) is 6.54 Å². The van der Waals surface area contributed by atoms with Crippen molar-refractivity contribution in [2.75, 3.05) is 6.54 Å². The SMILES string of the molecule is CC(C)(C)OC(=O)NC(CNC(N)=NCc1ccc(OC(F)(F)F)cc1)C1CC1. The van der Waals surface area contributed by atoms with E-state index in [4.69, 9.17) is 10.5 Å².